The van der Waals surface area contributed by atoms with E-state index in [1.54, 1.807) is 0 Å². The van der Waals surface area contributed by atoms with Gasteiger partial charge in [-0.15, -0.1) is 0 Å². The summed E-state index contributed by atoms with van der Waals surface area (Å²) in [4.78, 5) is 20.3. The number of carboxylic acid groups (broad SMARTS) is 1. The summed E-state index contributed by atoms with van der Waals surface area (Å²) >= 11 is 0. The SMILES string of the molecule is CCCCCCCCCCCCCCCCOC[C@H](COP(=O)(O)OCCN)OCCCCCCCCC(=O)O. The molecule has 0 heterocycles. The molecule has 1 unspecified atom stereocenters. The molecule has 0 rings (SSSR count). The van der Waals surface area contributed by atoms with Crippen molar-refractivity contribution in [2.24, 2.45) is 5.73 Å². The molecule has 0 bridgehead atoms. The molecule has 0 aliphatic carbocycles. The van der Waals surface area contributed by atoms with Crippen LogP contribution in [-0.2, 0) is 27.9 Å². The number of aliphatic carboxylic acids is 1. The number of hydrogen-bond donors (Lipinski definition) is 3. The van der Waals surface area contributed by atoms with E-state index < -0.39 is 19.9 Å². The van der Waals surface area contributed by atoms with Crippen LogP contribution < -0.4 is 5.73 Å². The van der Waals surface area contributed by atoms with Gasteiger partial charge in [-0.3, -0.25) is 13.8 Å². The molecule has 0 radical (unpaired) electrons. The van der Waals surface area contributed by atoms with E-state index in [0.29, 0.717) is 19.8 Å². The number of hydrogen-bond acceptors (Lipinski definition) is 7. The van der Waals surface area contributed by atoms with Crippen molar-refractivity contribution >= 4 is 13.8 Å². The van der Waals surface area contributed by atoms with Crippen molar-refractivity contribution < 1.29 is 37.9 Å². The summed E-state index contributed by atoms with van der Waals surface area (Å²) in [5, 5.41) is 8.68. The lowest BCUT2D eigenvalue weighted by Crippen LogP contribution is -2.26. The van der Waals surface area contributed by atoms with E-state index in [1.807, 2.05) is 0 Å². The zero-order valence-corrected chi connectivity index (χ0v) is 26.4. The fourth-order valence-electron chi connectivity index (χ4n) is 4.48. The van der Waals surface area contributed by atoms with E-state index in [2.05, 4.69) is 6.92 Å². The molecular formula is C30H62NO8P. The van der Waals surface area contributed by atoms with Gasteiger partial charge >= 0.3 is 13.8 Å². The van der Waals surface area contributed by atoms with E-state index in [4.69, 9.17) is 29.4 Å². The van der Waals surface area contributed by atoms with Gasteiger partial charge < -0.3 is 25.2 Å². The van der Waals surface area contributed by atoms with Crippen molar-refractivity contribution in [1.29, 1.82) is 0 Å². The van der Waals surface area contributed by atoms with Crippen molar-refractivity contribution in [2.75, 3.05) is 39.6 Å². The maximum atomic E-state index is 12.0. The first kappa shape index (κ1) is 39.5. The Labute approximate surface area is 244 Å². The number of rotatable bonds is 33. The molecule has 0 saturated carbocycles. The van der Waals surface area contributed by atoms with Gasteiger partial charge in [-0.25, -0.2) is 4.57 Å². The molecule has 2 atom stereocenters. The number of ether oxygens (including phenoxy) is 2. The fourth-order valence-corrected chi connectivity index (χ4v) is 5.24. The van der Waals surface area contributed by atoms with Crippen LogP contribution in [0.15, 0.2) is 0 Å². The molecule has 9 nitrogen and oxygen atoms in total. The first-order valence-corrected chi connectivity index (χ1v) is 17.6. The number of unbranched alkanes of at least 4 members (excludes halogenated alkanes) is 18. The molecule has 0 aromatic carbocycles. The van der Waals surface area contributed by atoms with Crippen LogP contribution in [0.4, 0.5) is 0 Å². The predicted octanol–water partition coefficient (Wildman–Crippen LogP) is 7.78. The highest BCUT2D eigenvalue weighted by Crippen LogP contribution is 2.43. The summed E-state index contributed by atoms with van der Waals surface area (Å²) in [6.45, 7) is 3.68. The second kappa shape index (κ2) is 29.9. The third-order valence-corrected chi connectivity index (χ3v) is 7.86. The van der Waals surface area contributed by atoms with Crippen molar-refractivity contribution in [1.82, 2.24) is 0 Å². The van der Waals surface area contributed by atoms with Crippen LogP contribution in [0.25, 0.3) is 0 Å². The first-order chi connectivity index (χ1) is 19.4. The van der Waals surface area contributed by atoms with Gasteiger partial charge in [0, 0.05) is 26.2 Å². The minimum Gasteiger partial charge on any atom is -0.481 e. The van der Waals surface area contributed by atoms with Crippen molar-refractivity contribution in [3.8, 4) is 0 Å². The van der Waals surface area contributed by atoms with Crippen LogP contribution in [0.3, 0.4) is 0 Å². The Balaban J connectivity index is 3.92. The number of carboxylic acids is 1. The van der Waals surface area contributed by atoms with E-state index in [9.17, 15) is 14.3 Å². The monoisotopic (exact) mass is 595 g/mol. The van der Waals surface area contributed by atoms with Gasteiger partial charge in [0.05, 0.1) is 19.8 Å². The predicted molar refractivity (Wildman–Crippen MR) is 162 cm³/mol. The standard InChI is InChI=1S/C30H62NO8P/c1-2-3-4-5-6-7-8-9-10-11-12-14-17-20-24-36-27-29(28-39-40(34,35)38-26-23-31)37-25-21-18-15-13-16-19-22-30(32)33/h29H,2-28,31H2,1H3,(H,32,33)(H,34,35)/t29-/m1/s1. The summed E-state index contributed by atoms with van der Waals surface area (Å²) in [6.07, 6.45) is 23.6. The molecule has 4 N–H and O–H groups in total. The Morgan fingerprint density at radius 3 is 1.65 bits per heavy atom. The first-order valence-electron chi connectivity index (χ1n) is 16.1. The van der Waals surface area contributed by atoms with Gasteiger partial charge in [-0.05, 0) is 19.3 Å². The molecule has 0 saturated heterocycles. The lowest BCUT2D eigenvalue weighted by Gasteiger charge is -2.20. The lowest BCUT2D eigenvalue weighted by molar-refractivity contribution is -0.137. The third-order valence-electron chi connectivity index (χ3n) is 6.88. The molecule has 240 valence electrons. The molecule has 0 aliphatic rings. The van der Waals surface area contributed by atoms with Crippen molar-refractivity contribution in [3.63, 3.8) is 0 Å². The summed E-state index contributed by atoms with van der Waals surface area (Å²) < 4.78 is 33.6. The van der Waals surface area contributed by atoms with E-state index >= 15 is 0 Å². The fraction of sp³-hybridized carbons (Fsp3) is 0.967. The summed E-state index contributed by atoms with van der Waals surface area (Å²) in [6, 6.07) is 0. The molecule has 0 aromatic heterocycles. The Hall–Kier alpha value is -0.540. The molecule has 40 heavy (non-hydrogen) atoms. The Morgan fingerprint density at radius 1 is 0.675 bits per heavy atom. The zero-order valence-electron chi connectivity index (χ0n) is 25.5. The molecule has 0 spiro atoms. The van der Waals surface area contributed by atoms with Gasteiger partial charge in [0.25, 0.3) is 0 Å². The average Bonchev–Trinajstić information content (AvgIpc) is 2.93. The second-order valence-corrected chi connectivity index (χ2v) is 12.3. The Morgan fingerprint density at radius 2 is 1.15 bits per heavy atom. The summed E-state index contributed by atoms with van der Waals surface area (Å²) in [5.74, 6) is -0.742. The Kier molecular flexibility index (Phi) is 29.5. The van der Waals surface area contributed by atoms with Crippen LogP contribution >= 0.6 is 7.82 Å². The number of carbonyl (C=O) groups is 1. The highest BCUT2D eigenvalue weighted by molar-refractivity contribution is 7.47. The van der Waals surface area contributed by atoms with Gasteiger partial charge in [-0.1, -0.05) is 116 Å². The normalized spacial score (nSPS) is 13.9. The highest BCUT2D eigenvalue weighted by atomic mass is 31.2. The lowest BCUT2D eigenvalue weighted by atomic mass is 10.0. The molecule has 0 fully saturated rings. The molecule has 0 aliphatic heterocycles. The van der Waals surface area contributed by atoms with Crippen LogP contribution in [-0.4, -0.2) is 61.7 Å². The minimum absolute atomic E-state index is 0.0542. The number of nitrogens with two attached hydrogens (primary N) is 1. The quantitative estimate of drug-likeness (QED) is 0.0513. The minimum atomic E-state index is -4.16. The maximum Gasteiger partial charge on any atom is 0.472 e. The van der Waals surface area contributed by atoms with Crippen molar-refractivity contribution in [3.05, 3.63) is 0 Å². The van der Waals surface area contributed by atoms with Gasteiger partial charge in [0.2, 0.25) is 0 Å². The zero-order chi connectivity index (χ0) is 29.6. The van der Waals surface area contributed by atoms with Gasteiger partial charge in [-0.2, -0.15) is 0 Å². The van der Waals surface area contributed by atoms with Crippen LogP contribution in [0.1, 0.15) is 142 Å². The summed E-state index contributed by atoms with van der Waals surface area (Å²) in [5.41, 5.74) is 5.33. The van der Waals surface area contributed by atoms with Gasteiger partial charge in [0.15, 0.2) is 0 Å². The average molecular weight is 596 g/mol. The number of phosphoric ester groups is 1. The van der Waals surface area contributed by atoms with Crippen LogP contribution in [0.2, 0.25) is 0 Å². The summed E-state index contributed by atoms with van der Waals surface area (Å²) in [7, 11) is -4.16. The van der Waals surface area contributed by atoms with Crippen LogP contribution in [0, 0.1) is 0 Å². The maximum absolute atomic E-state index is 12.0. The van der Waals surface area contributed by atoms with E-state index in [1.165, 1.54) is 77.0 Å². The molecular weight excluding hydrogens is 533 g/mol. The molecule has 0 aromatic rings. The second-order valence-electron chi connectivity index (χ2n) is 10.8. The van der Waals surface area contributed by atoms with E-state index in [0.717, 1.165) is 51.4 Å². The molecule has 10 heteroatoms. The topological polar surface area (TPSA) is 138 Å². The van der Waals surface area contributed by atoms with E-state index in [-0.39, 0.29) is 26.2 Å². The van der Waals surface area contributed by atoms with Crippen LogP contribution in [0.5, 0.6) is 0 Å². The Bertz CT molecular complexity index is 596. The highest BCUT2D eigenvalue weighted by Gasteiger charge is 2.23. The largest absolute Gasteiger partial charge is 0.481 e. The smallest absolute Gasteiger partial charge is 0.472 e. The van der Waals surface area contributed by atoms with Crippen molar-refractivity contribution in [2.45, 2.75) is 148 Å². The third kappa shape index (κ3) is 30.4. The van der Waals surface area contributed by atoms with Gasteiger partial charge in [0.1, 0.15) is 6.10 Å². The molecule has 0 amide bonds. The number of phosphoric acid groups is 1.